The number of furan rings is 1. The maximum absolute atomic E-state index is 13.4. The van der Waals surface area contributed by atoms with Crippen LogP contribution in [0.15, 0.2) is 77.4 Å². The second-order valence-electron chi connectivity index (χ2n) is 8.34. The first kappa shape index (κ1) is 20.7. The zero-order valence-corrected chi connectivity index (χ0v) is 17.8. The van der Waals surface area contributed by atoms with Crippen molar-refractivity contribution in [3.05, 3.63) is 89.9 Å². The van der Waals surface area contributed by atoms with Crippen LogP contribution < -0.4 is 10.1 Å². The summed E-state index contributed by atoms with van der Waals surface area (Å²) >= 11 is 0. The average molecular weight is 432 g/mol. The summed E-state index contributed by atoms with van der Waals surface area (Å²) in [4.78, 5) is 0. The molecule has 0 spiro atoms. The molecule has 1 heterocycles. The maximum Gasteiger partial charge on any atom is 0.141 e. The van der Waals surface area contributed by atoms with E-state index in [1.54, 1.807) is 12.3 Å². The first-order valence-corrected chi connectivity index (χ1v) is 11.1. The van der Waals surface area contributed by atoms with Crippen LogP contribution in [-0.2, 0) is 6.42 Å². The van der Waals surface area contributed by atoms with Crippen LogP contribution in [0.1, 0.15) is 30.0 Å². The van der Waals surface area contributed by atoms with Gasteiger partial charge in [-0.15, -0.1) is 0 Å². The number of hydrogen-bond acceptors (Lipinski definition) is 4. The molecule has 0 fully saturated rings. The molecule has 5 rings (SSSR count). The Kier molecular flexibility index (Phi) is 5.93. The zero-order valence-electron chi connectivity index (χ0n) is 17.8. The van der Waals surface area contributed by atoms with E-state index in [0.29, 0.717) is 18.1 Å². The van der Waals surface area contributed by atoms with E-state index in [2.05, 4.69) is 29.6 Å². The van der Waals surface area contributed by atoms with Crippen molar-refractivity contribution in [3.8, 4) is 17.1 Å². The van der Waals surface area contributed by atoms with E-state index < -0.39 is 6.10 Å². The number of rotatable bonds is 7. The van der Waals surface area contributed by atoms with Gasteiger partial charge >= 0.3 is 0 Å². The third kappa shape index (κ3) is 4.40. The van der Waals surface area contributed by atoms with Crippen LogP contribution in [0.5, 0.6) is 5.75 Å². The van der Waals surface area contributed by atoms with Gasteiger partial charge in [0.1, 0.15) is 30.0 Å². The lowest BCUT2D eigenvalue weighted by atomic mass is 9.88. The molecular formula is C27H26FNO3. The van der Waals surface area contributed by atoms with Crippen LogP contribution >= 0.6 is 0 Å². The van der Waals surface area contributed by atoms with Crippen molar-refractivity contribution in [2.24, 2.45) is 0 Å². The summed E-state index contributed by atoms with van der Waals surface area (Å²) in [6, 6.07) is 20.9. The minimum Gasteiger partial charge on any atom is -0.491 e. The Morgan fingerprint density at radius 3 is 2.81 bits per heavy atom. The lowest BCUT2D eigenvalue weighted by Gasteiger charge is -2.27. The Labute approximate surface area is 186 Å². The molecule has 1 aliphatic carbocycles. The Bertz CT molecular complexity index is 1200. The smallest absolute Gasteiger partial charge is 0.141 e. The van der Waals surface area contributed by atoms with E-state index in [9.17, 15) is 9.50 Å². The second kappa shape index (κ2) is 9.15. The Hall–Kier alpha value is -3.15. The summed E-state index contributed by atoms with van der Waals surface area (Å²) in [5.41, 5.74) is 3.63. The number of fused-ring (bicyclic) bond motifs is 2. The minimum atomic E-state index is -0.604. The fourth-order valence-electron chi connectivity index (χ4n) is 4.45. The predicted octanol–water partition coefficient (Wildman–Crippen LogP) is 5.65. The predicted molar refractivity (Wildman–Crippen MR) is 123 cm³/mol. The van der Waals surface area contributed by atoms with E-state index in [0.717, 1.165) is 35.6 Å². The number of halogens is 1. The highest BCUT2D eigenvalue weighted by Gasteiger charge is 2.20. The number of hydrogen-bond donors (Lipinski definition) is 2. The molecule has 1 aliphatic rings. The van der Waals surface area contributed by atoms with Crippen LogP contribution in [0.25, 0.3) is 22.1 Å². The normalized spacial score (nSPS) is 16.6. The molecule has 0 bridgehead atoms. The summed E-state index contributed by atoms with van der Waals surface area (Å²) in [7, 11) is 0. The topological polar surface area (TPSA) is 54.6 Å². The van der Waals surface area contributed by atoms with Gasteiger partial charge in [-0.05, 0) is 72.9 Å². The lowest BCUT2D eigenvalue weighted by Crippen LogP contribution is -2.35. The van der Waals surface area contributed by atoms with Gasteiger partial charge in [-0.3, -0.25) is 0 Å². The van der Waals surface area contributed by atoms with Gasteiger partial charge in [0.05, 0.1) is 6.26 Å². The summed E-state index contributed by atoms with van der Waals surface area (Å²) in [5.74, 6) is 1.09. The average Bonchev–Trinajstić information content (AvgIpc) is 3.24. The summed E-state index contributed by atoms with van der Waals surface area (Å²) in [6.45, 7) is 0.690. The van der Waals surface area contributed by atoms with E-state index in [1.165, 1.54) is 23.3 Å². The molecule has 0 amide bonds. The van der Waals surface area contributed by atoms with Crippen molar-refractivity contribution < 1.29 is 18.7 Å². The molecule has 4 aromatic rings. The van der Waals surface area contributed by atoms with Crippen LogP contribution in [0.3, 0.4) is 0 Å². The van der Waals surface area contributed by atoms with Crippen molar-refractivity contribution in [2.75, 3.05) is 13.2 Å². The molecular weight excluding hydrogens is 405 g/mol. The van der Waals surface area contributed by atoms with E-state index >= 15 is 0 Å². The first-order chi connectivity index (χ1) is 15.7. The van der Waals surface area contributed by atoms with Crippen LogP contribution in [0.4, 0.5) is 4.39 Å². The van der Waals surface area contributed by atoms with Crippen LogP contribution in [0.2, 0.25) is 0 Å². The van der Waals surface area contributed by atoms with Gasteiger partial charge in [0.25, 0.3) is 0 Å². The molecule has 3 aromatic carbocycles. The molecule has 2 N–H and O–H groups in total. The molecule has 2 atom stereocenters. The third-order valence-electron chi connectivity index (χ3n) is 6.09. The minimum absolute atomic E-state index is 0.212. The molecule has 0 saturated heterocycles. The fourth-order valence-corrected chi connectivity index (χ4v) is 4.45. The number of nitrogens with one attached hydrogen (secondary N) is 1. The highest BCUT2D eigenvalue weighted by molar-refractivity contribution is 5.94. The molecule has 0 radical (unpaired) electrons. The summed E-state index contributed by atoms with van der Waals surface area (Å²) in [5, 5.41) is 15.5. The van der Waals surface area contributed by atoms with E-state index in [-0.39, 0.29) is 18.5 Å². The second-order valence-corrected chi connectivity index (χ2v) is 8.34. The molecule has 32 heavy (non-hydrogen) atoms. The number of aliphatic hydroxyl groups excluding tert-OH is 1. The fraction of sp³-hybridized carbons (Fsp3) is 0.259. The third-order valence-corrected chi connectivity index (χ3v) is 6.09. The van der Waals surface area contributed by atoms with E-state index in [4.69, 9.17) is 9.15 Å². The molecule has 1 aromatic heterocycles. The zero-order chi connectivity index (χ0) is 21.9. The Morgan fingerprint density at radius 1 is 1.09 bits per heavy atom. The first-order valence-electron chi connectivity index (χ1n) is 11.1. The van der Waals surface area contributed by atoms with E-state index in [1.807, 2.05) is 24.3 Å². The van der Waals surface area contributed by atoms with Crippen molar-refractivity contribution in [3.63, 3.8) is 0 Å². The van der Waals surface area contributed by atoms with Crippen molar-refractivity contribution in [1.82, 2.24) is 5.32 Å². The van der Waals surface area contributed by atoms with Crippen molar-refractivity contribution in [2.45, 2.75) is 31.4 Å². The monoisotopic (exact) mass is 431 g/mol. The van der Waals surface area contributed by atoms with Crippen LogP contribution in [-0.4, -0.2) is 24.4 Å². The lowest BCUT2D eigenvalue weighted by molar-refractivity contribution is 0.103. The number of benzene rings is 3. The number of aryl methyl sites for hydroxylation is 1. The standard InChI is InChI=1S/C27H26FNO3/c28-21-10-13-25-20(14-21)16-32-27(25)19-8-11-23(12-9-19)31-17-22(30)15-29-26-7-3-5-18-4-1-2-6-24(18)26/h1-2,4,6,8-14,16,22,26,29-30H,3,5,7,15,17H2/t22-,26?/m0/s1. The molecule has 5 heteroatoms. The van der Waals surface area contributed by atoms with Gasteiger partial charge in [-0.1, -0.05) is 24.3 Å². The number of ether oxygens (including phenoxy) is 1. The van der Waals surface area contributed by atoms with Gasteiger partial charge in [-0.25, -0.2) is 4.39 Å². The van der Waals surface area contributed by atoms with Gasteiger partial charge in [0.2, 0.25) is 0 Å². The largest absolute Gasteiger partial charge is 0.491 e. The Morgan fingerprint density at radius 2 is 1.94 bits per heavy atom. The van der Waals surface area contributed by atoms with Gasteiger partial charge in [-0.2, -0.15) is 0 Å². The quantitative estimate of drug-likeness (QED) is 0.397. The molecule has 0 saturated carbocycles. The molecule has 1 unspecified atom stereocenters. The number of aliphatic hydroxyl groups is 1. The van der Waals surface area contributed by atoms with Crippen molar-refractivity contribution >= 4 is 10.8 Å². The maximum atomic E-state index is 13.4. The van der Waals surface area contributed by atoms with Crippen molar-refractivity contribution in [1.29, 1.82) is 0 Å². The highest BCUT2D eigenvalue weighted by Crippen LogP contribution is 2.32. The van der Waals surface area contributed by atoms with Gasteiger partial charge in [0.15, 0.2) is 0 Å². The highest BCUT2D eigenvalue weighted by atomic mass is 19.1. The molecule has 164 valence electrons. The SMILES string of the molecule is O[C@@H](CNC1CCCc2ccccc21)COc1ccc(-c2occ3cc(F)ccc23)cc1. The molecule has 4 nitrogen and oxygen atoms in total. The Balaban J connectivity index is 1.16. The van der Waals surface area contributed by atoms with Crippen LogP contribution in [0, 0.1) is 5.82 Å². The van der Waals surface area contributed by atoms with Gasteiger partial charge in [0, 0.05) is 28.9 Å². The summed E-state index contributed by atoms with van der Waals surface area (Å²) < 4.78 is 24.8. The van der Waals surface area contributed by atoms with Gasteiger partial charge < -0.3 is 19.6 Å². The molecule has 0 aliphatic heterocycles. The summed E-state index contributed by atoms with van der Waals surface area (Å²) in [6.07, 6.45) is 4.33.